The highest BCUT2D eigenvalue weighted by atomic mass is 19.1. The van der Waals surface area contributed by atoms with Crippen molar-refractivity contribution in [3.63, 3.8) is 0 Å². The van der Waals surface area contributed by atoms with Gasteiger partial charge in [0.25, 0.3) is 0 Å². The Morgan fingerprint density at radius 3 is 2.32 bits per heavy atom. The lowest BCUT2D eigenvalue weighted by Crippen LogP contribution is -2.35. The first-order valence-corrected chi connectivity index (χ1v) is 7.88. The van der Waals surface area contributed by atoms with Crippen molar-refractivity contribution in [1.82, 2.24) is 5.32 Å². The molecule has 0 bridgehead atoms. The van der Waals surface area contributed by atoms with E-state index < -0.39 is 23.6 Å². The summed E-state index contributed by atoms with van der Waals surface area (Å²) >= 11 is 0. The number of amides is 1. The molecule has 4 nitrogen and oxygen atoms in total. The second-order valence-corrected chi connectivity index (χ2v) is 5.88. The Balaban J connectivity index is 1.97. The van der Waals surface area contributed by atoms with Crippen LogP contribution in [-0.4, -0.2) is 23.5 Å². The van der Waals surface area contributed by atoms with Crippen LogP contribution in [-0.2, 0) is 16.0 Å². The summed E-state index contributed by atoms with van der Waals surface area (Å²) in [6, 6.07) is 11.3. The molecular formula is C19H19F2NO3. The molecule has 2 atom stereocenters. The third-order valence-corrected chi connectivity index (χ3v) is 3.98. The van der Waals surface area contributed by atoms with Crippen LogP contribution in [0, 0.1) is 17.6 Å². The van der Waals surface area contributed by atoms with Crippen molar-refractivity contribution < 1.29 is 23.5 Å². The van der Waals surface area contributed by atoms with Gasteiger partial charge in [-0.2, -0.15) is 0 Å². The standard InChI is InChI=1S/C19H19F2NO3/c1-12(10-14-4-2-3-5-17(14)21)18(23)22-11-16(19(24)25)13-6-8-15(20)9-7-13/h2-9,12,16H,10-11H2,1H3,(H,22,23)(H,24,25). The summed E-state index contributed by atoms with van der Waals surface area (Å²) in [7, 11) is 0. The van der Waals surface area contributed by atoms with Crippen LogP contribution in [0.15, 0.2) is 48.5 Å². The van der Waals surface area contributed by atoms with Gasteiger partial charge in [-0.15, -0.1) is 0 Å². The molecule has 132 valence electrons. The number of carboxylic acids is 1. The molecular weight excluding hydrogens is 328 g/mol. The van der Waals surface area contributed by atoms with Gasteiger partial charge in [0.2, 0.25) is 5.91 Å². The number of rotatable bonds is 7. The third-order valence-electron chi connectivity index (χ3n) is 3.98. The Morgan fingerprint density at radius 1 is 1.08 bits per heavy atom. The fraction of sp³-hybridized carbons (Fsp3) is 0.263. The van der Waals surface area contributed by atoms with Crippen LogP contribution < -0.4 is 5.32 Å². The van der Waals surface area contributed by atoms with E-state index in [2.05, 4.69) is 5.32 Å². The average molecular weight is 347 g/mol. The summed E-state index contributed by atoms with van der Waals surface area (Å²) in [5, 5.41) is 11.9. The Bertz CT molecular complexity index is 747. The second kappa shape index (κ2) is 8.37. The van der Waals surface area contributed by atoms with Gasteiger partial charge in [-0.05, 0) is 35.7 Å². The van der Waals surface area contributed by atoms with Crippen LogP contribution in [0.1, 0.15) is 24.0 Å². The summed E-state index contributed by atoms with van der Waals surface area (Å²) < 4.78 is 26.6. The molecule has 0 aliphatic carbocycles. The Labute approximate surface area is 144 Å². The maximum atomic E-state index is 13.6. The molecule has 0 saturated carbocycles. The number of carbonyl (C=O) groups excluding carboxylic acids is 1. The third kappa shape index (κ3) is 5.11. The zero-order valence-corrected chi connectivity index (χ0v) is 13.7. The minimum absolute atomic E-state index is 0.124. The lowest BCUT2D eigenvalue weighted by Gasteiger charge is -2.17. The summed E-state index contributed by atoms with van der Waals surface area (Å²) in [6.45, 7) is 1.52. The van der Waals surface area contributed by atoms with Gasteiger partial charge in [0.1, 0.15) is 11.6 Å². The van der Waals surface area contributed by atoms with Crippen molar-refractivity contribution in [2.45, 2.75) is 19.3 Å². The maximum absolute atomic E-state index is 13.6. The minimum Gasteiger partial charge on any atom is -0.481 e. The normalized spacial score (nSPS) is 13.1. The number of hydrogen-bond acceptors (Lipinski definition) is 2. The Hall–Kier alpha value is -2.76. The van der Waals surface area contributed by atoms with Crippen LogP contribution >= 0.6 is 0 Å². The van der Waals surface area contributed by atoms with Crippen LogP contribution in [0.2, 0.25) is 0 Å². The Kier molecular flexibility index (Phi) is 6.22. The first-order valence-electron chi connectivity index (χ1n) is 7.88. The molecule has 2 aromatic carbocycles. The lowest BCUT2D eigenvalue weighted by atomic mass is 9.97. The van der Waals surface area contributed by atoms with Crippen LogP contribution in [0.5, 0.6) is 0 Å². The molecule has 0 heterocycles. The number of hydrogen-bond donors (Lipinski definition) is 2. The quantitative estimate of drug-likeness (QED) is 0.809. The topological polar surface area (TPSA) is 66.4 Å². The first-order chi connectivity index (χ1) is 11.9. The van der Waals surface area contributed by atoms with Gasteiger partial charge in [0, 0.05) is 12.5 Å². The van der Waals surface area contributed by atoms with Gasteiger partial charge < -0.3 is 10.4 Å². The number of benzene rings is 2. The predicted octanol–water partition coefficient (Wildman–Crippen LogP) is 3.13. The van der Waals surface area contributed by atoms with Gasteiger partial charge in [-0.25, -0.2) is 8.78 Å². The lowest BCUT2D eigenvalue weighted by molar-refractivity contribution is -0.138. The average Bonchev–Trinajstić information content (AvgIpc) is 2.58. The molecule has 0 fully saturated rings. The number of carbonyl (C=O) groups is 2. The second-order valence-electron chi connectivity index (χ2n) is 5.88. The Morgan fingerprint density at radius 2 is 1.72 bits per heavy atom. The molecule has 25 heavy (non-hydrogen) atoms. The number of nitrogens with one attached hydrogen (secondary N) is 1. The van der Waals surface area contributed by atoms with Crippen molar-refractivity contribution >= 4 is 11.9 Å². The van der Waals surface area contributed by atoms with Crippen molar-refractivity contribution in [2.24, 2.45) is 5.92 Å². The van der Waals surface area contributed by atoms with E-state index in [4.69, 9.17) is 0 Å². The molecule has 6 heteroatoms. The van der Waals surface area contributed by atoms with E-state index in [1.54, 1.807) is 25.1 Å². The van der Waals surface area contributed by atoms with Crippen LogP contribution in [0.3, 0.4) is 0 Å². The van der Waals surface area contributed by atoms with E-state index in [1.165, 1.54) is 30.3 Å². The SMILES string of the molecule is CC(Cc1ccccc1F)C(=O)NCC(C(=O)O)c1ccc(F)cc1. The van der Waals surface area contributed by atoms with Gasteiger partial charge in [0.05, 0.1) is 5.92 Å². The van der Waals surface area contributed by atoms with Crippen LogP contribution in [0.25, 0.3) is 0 Å². The number of halogens is 2. The summed E-state index contributed by atoms with van der Waals surface area (Å²) in [6.07, 6.45) is 0.215. The van der Waals surface area contributed by atoms with Crippen molar-refractivity contribution in [1.29, 1.82) is 0 Å². The summed E-state index contributed by atoms with van der Waals surface area (Å²) in [4.78, 5) is 23.6. The van der Waals surface area contributed by atoms with Crippen molar-refractivity contribution in [3.8, 4) is 0 Å². The van der Waals surface area contributed by atoms with Crippen molar-refractivity contribution in [2.75, 3.05) is 6.54 Å². The summed E-state index contributed by atoms with van der Waals surface area (Å²) in [5.74, 6) is -3.82. The van der Waals surface area contributed by atoms with Gasteiger partial charge in [-0.3, -0.25) is 9.59 Å². The summed E-state index contributed by atoms with van der Waals surface area (Å²) in [5.41, 5.74) is 0.828. The largest absolute Gasteiger partial charge is 0.481 e. The van der Waals surface area contributed by atoms with Crippen LogP contribution in [0.4, 0.5) is 8.78 Å². The smallest absolute Gasteiger partial charge is 0.312 e. The molecule has 2 unspecified atom stereocenters. The van der Waals surface area contributed by atoms with E-state index in [1.807, 2.05) is 0 Å². The molecule has 0 radical (unpaired) electrons. The zero-order chi connectivity index (χ0) is 18.4. The highest BCUT2D eigenvalue weighted by molar-refractivity contribution is 5.81. The molecule has 2 rings (SSSR count). The molecule has 2 N–H and O–H groups in total. The molecule has 0 aliphatic rings. The molecule has 0 saturated heterocycles. The minimum atomic E-state index is -1.12. The van der Waals surface area contributed by atoms with E-state index >= 15 is 0 Å². The number of aliphatic carboxylic acids is 1. The monoisotopic (exact) mass is 347 g/mol. The highest BCUT2D eigenvalue weighted by Gasteiger charge is 2.22. The molecule has 0 aromatic heterocycles. The highest BCUT2D eigenvalue weighted by Crippen LogP contribution is 2.17. The fourth-order valence-corrected chi connectivity index (χ4v) is 2.51. The van der Waals surface area contributed by atoms with Gasteiger partial charge in [0.15, 0.2) is 0 Å². The van der Waals surface area contributed by atoms with E-state index in [-0.39, 0.29) is 24.7 Å². The molecule has 0 spiro atoms. The predicted molar refractivity (Wildman–Crippen MR) is 89.1 cm³/mol. The molecule has 2 aromatic rings. The number of carboxylic acid groups (broad SMARTS) is 1. The van der Waals surface area contributed by atoms with Crippen molar-refractivity contribution in [3.05, 3.63) is 71.3 Å². The zero-order valence-electron chi connectivity index (χ0n) is 13.7. The molecule has 1 amide bonds. The molecule has 0 aliphatic heterocycles. The maximum Gasteiger partial charge on any atom is 0.312 e. The van der Waals surface area contributed by atoms with E-state index in [9.17, 15) is 23.5 Å². The van der Waals surface area contributed by atoms with Gasteiger partial charge >= 0.3 is 5.97 Å². The fourth-order valence-electron chi connectivity index (χ4n) is 2.51. The first kappa shape index (κ1) is 18.6. The van der Waals surface area contributed by atoms with E-state index in [0.717, 1.165) is 0 Å². The van der Waals surface area contributed by atoms with E-state index in [0.29, 0.717) is 11.1 Å². The van der Waals surface area contributed by atoms with Gasteiger partial charge in [-0.1, -0.05) is 37.3 Å².